The van der Waals surface area contributed by atoms with Gasteiger partial charge in [0.25, 0.3) is 0 Å². The number of benzene rings is 1. The Morgan fingerprint density at radius 1 is 1.36 bits per heavy atom. The highest BCUT2D eigenvalue weighted by Gasteiger charge is 2.34. The highest BCUT2D eigenvalue weighted by atomic mass is 19.1. The number of carbonyl (C=O) groups is 1. The van der Waals surface area contributed by atoms with Gasteiger partial charge in [-0.2, -0.15) is 0 Å². The van der Waals surface area contributed by atoms with Crippen molar-refractivity contribution in [3.63, 3.8) is 0 Å². The van der Waals surface area contributed by atoms with Crippen LogP contribution >= 0.6 is 0 Å². The Kier molecular flexibility index (Phi) is 3.60. The van der Waals surface area contributed by atoms with E-state index < -0.39 is 5.97 Å². The summed E-state index contributed by atoms with van der Waals surface area (Å²) in [7, 11) is 0. The summed E-state index contributed by atoms with van der Waals surface area (Å²) in [6.45, 7) is 4.40. The zero-order valence-corrected chi connectivity index (χ0v) is 12.3. The average Bonchev–Trinajstić information content (AvgIpc) is 2.56. The van der Waals surface area contributed by atoms with Crippen molar-refractivity contribution in [1.82, 2.24) is 10.2 Å². The number of nitrogens with one attached hydrogen (secondary N) is 1. The monoisotopic (exact) mass is 306 g/mol. The van der Waals surface area contributed by atoms with Crippen LogP contribution in [0.3, 0.4) is 0 Å². The minimum absolute atomic E-state index is 0.248. The summed E-state index contributed by atoms with van der Waals surface area (Å²) in [5.74, 6) is -0.730. The highest BCUT2D eigenvalue weighted by Crippen LogP contribution is 2.31. The fraction of sp³-hybridized carbons (Fsp3) is 0.562. The van der Waals surface area contributed by atoms with E-state index in [1.54, 1.807) is 12.1 Å². The molecule has 4 rings (SSSR count). The van der Waals surface area contributed by atoms with Crippen LogP contribution < -0.4 is 5.32 Å². The number of nitrogens with zero attached hydrogens (tertiary/aromatic N) is 1. The van der Waals surface area contributed by atoms with Gasteiger partial charge in [-0.3, -0.25) is 4.90 Å². The lowest BCUT2D eigenvalue weighted by Crippen LogP contribution is -2.57. The van der Waals surface area contributed by atoms with Crippen molar-refractivity contribution in [2.75, 3.05) is 39.4 Å². The van der Waals surface area contributed by atoms with Gasteiger partial charge in [-0.1, -0.05) is 6.07 Å². The third-order valence-corrected chi connectivity index (χ3v) is 4.79. The fourth-order valence-corrected chi connectivity index (χ4v) is 3.54. The molecule has 2 saturated heterocycles. The van der Waals surface area contributed by atoms with E-state index in [-0.39, 0.29) is 18.5 Å². The topological polar surface area (TPSA) is 50.8 Å². The Bertz CT molecular complexity index is 607. The molecule has 5 nitrogen and oxygen atoms in total. The van der Waals surface area contributed by atoms with Crippen LogP contribution in [0.25, 0.3) is 0 Å². The Morgan fingerprint density at radius 2 is 2.27 bits per heavy atom. The second-order valence-electron chi connectivity index (χ2n) is 6.06. The second kappa shape index (κ2) is 5.61. The lowest BCUT2D eigenvalue weighted by molar-refractivity contribution is -0.0730. The molecule has 0 amide bonds. The molecule has 0 unspecified atom stereocenters. The van der Waals surface area contributed by atoms with Crippen molar-refractivity contribution in [2.24, 2.45) is 0 Å². The van der Waals surface area contributed by atoms with Gasteiger partial charge in [0.1, 0.15) is 5.82 Å². The third kappa shape index (κ3) is 2.31. The van der Waals surface area contributed by atoms with E-state index in [4.69, 9.17) is 9.47 Å². The molecule has 0 bridgehead atoms. The van der Waals surface area contributed by atoms with Crippen molar-refractivity contribution >= 4 is 5.97 Å². The second-order valence-corrected chi connectivity index (χ2v) is 6.06. The zero-order chi connectivity index (χ0) is 15.1. The summed E-state index contributed by atoms with van der Waals surface area (Å²) in [5.41, 5.74) is 1.38. The fourth-order valence-electron chi connectivity index (χ4n) is 3.54. The van der Waals surface area contributed by atoms with Gasteiger partial charge >= 0.3 is 5.97 Å². The first kappa shape index (κ1) is 14.1. The molecule has 2 atom stereocenters. The number of piperazine rings is 1. The molecule has 0 spiro atoms. The van der Waals surface area contributed by atoms with Gasteiger partial charge in [0.15, 0.2) is 0 Å². The lowest BCUT2D eigenvalue weighted by Gasteiger charge is -2.42. The summed E-state index contributed by atoms with van der Waals surface area (Å²) >= 11 is 0. The summed E-state index contributed by atoms with van der Waals surface area (Å²) in [4.78, 5) is 14.0. The standard InChI is InChI=1S/C16H19FN2O3/c17-15-11-3-6-21-16(20)12(11)1-2-13(15)14-8-19-5-4-18-7-10(19)9-22-14/h1-2,10,14,18H,3-9H2/t10-,14-/m0/s1. The van der Waals surface area contributed by atoms with Crippen LogP contribution in [-0.2, 0) is 15.9 Å². The molecule has 22 heavy (non-hydrogen) atoms. The molecule has 6 heteroatoms. The molecule has 3 aliphatic heterocycles. The number of hydrogen-bond acceptors (Lipinski definition) is 5. The predicted molar refractivity (Wildman–Crippen MR) is 77.3 cm³/mol. The van der Waals surface area contributed by atoms with Crippen molar-refractivity contribution in [1.29, 1.82) is 0 Å². The van der Waals surface area contributed by atoms with Gasteiger partial charge in [0.2, 0.25) is 0 Å². The summed E-state index contributed by atoms with van der Waals surface area (Å²) < 4.78 is 25.7. The first-order chi connectivity index (χ1) is 10.7. The van der Waals surface area contributed by atoms with Crippen LogP contribution in [0, 0.1) is 5.82 Å². The van der Waals surface area contributed by atoms with Gasteiger partial charge in [0, 0.05) is 49.8 Å². The molecule has 0 radical (unpaired) electrons. The van der Waals surface area contributed by atoms with Crippen LogP contribution in [0.4, 0.5) is 4.39 Å². The number of fused-ring (bicyclic) bond motifs is 2. The predicted octanol–water partition coefficient (Wildman–Crippen LogP) is 0.884. The number of halogens is 1. The molecule has 1 aromatic rings. The Morgan fingerprint density at radius 3 is 3.18 bits per heavy atom. The van der Waals surface area contributed by atoms with E-state index in [2.05, 4.69) is 10.2 Å². The maximum Gasteiger partial charge on any atom is 0.338 e. The number of morpholine rings is 1. The van der Waals surface area contributed by atoms with Crippen LogP contribution in [0.2, 0.25) is 0 Å². The molecule has 0 saturated carbocycles. The maximum atomic E-state index is 14.8. The first-order valence-electron chi connectivity index (χ1n) is 7.79. The molecule has 0 aromatic heterocycles. The van der Waals surface area contributed by atoms with Crippen molar-refractivity contribution in [3.8, 4) is 0 Å². The number of ether oxygens (including phenoxy) is 2. The Balaban J connectivity index is 1.61. The smallest absolute Gasteiger partial charge is 0.338 e. The van der Waals surface area contributed by atoms with Crippen LogP contribution in [0.1, 0.15) is 27.6 Å². The SMILES string of the molecule is O=C1OCCc2c1ccc([C@@H]1CN3CCNC[C@H]3CO1)c2F. The normalized spacial score (nSPS) is 28.7. The molecule has 1 N–H and O–H groups in total. The van der Waals surface area contributed by atoms with Gasteiger partial charge in [-0.15, -0.1) is 0 Å². The lowest BCUT2D eigenvalue weighted by atomic mass is 9.95. The average molecular weight is 306 g/mol. The van der Waals surface area contributed by atoms with Crippen molar-refractivity contribution in [3.05, 3.63) is 34.6 Å². The van der Waals surface area contributed by atoms with E-state index in [0.29, 0.717) is 42.3 Å². The minimum Gasteiger partial charge on any atom is -0.462 e. The van der Waals surface area contributed by atoms with E-state index in [1.165, 1.54) is 0 Å². The Labute approximate surface area is 128 Å². The van der Waals surface area contributed by atoms with Gasteiger partial charge in [0.05, 0.1) is 24.9 Å². The van der Waals surface area contributed by atoms with Crippen LogP contribution in [-0.4, -0.2) is 56.3 Å². The summed E-state index contributed by atoms with van der Waals surface area (Å²) in [6, 6.07) is 3.72. The largest absolute Gasteiger partial charge is 0.462 e. The van der Waals surface area contributed by atoms with Crippen molar-refractivity contribution in [2.45, 2.75) is 18.6 Å². The highest BCUT2D eigenvalue weighted by molar-refractivity contribution is 5.92. The zero-order valence-electron chi connectivity index (χ0n) is 12.3. The molecule has 3 aliphatic rings. The minimum atomic E-state index is -0.432. The molecule has 3 heterocycles. The van der Waals surface area contributed by atoms with E-state index in [1.807, 2.05) is 0 Å². The molecule has 118 valence electrons. The summed E-state index contributed by atoms with van der Waals surface area (Å²) in [5, 5.41) is 3.35. The van der Waals surface area contributed by atoms with Crippen LogP contribution in [0.5, 0.6) is 0 Å². The molecule has 2 fully saturated rings. The maximum absolute atomic E-state index is 14.8. The van der Waals surface area contributed by atoms with Gasteiger partial charge in [-0.05, 0) is 6.07 Å². The van der Waals surface area contributed by atoms with Crippen molar-refractivity contribution < 1.29 is 18.7 Å². The number of rotatable bonds is 1. The van der Waals surface area contributed by atoms with Gasteiger partial charge in [-0.25, -0.2) is 9.18 Å². The summed E-state index contributed by atoms with van der Waals surface area (Å²) in [6.07, 6.45) is 0.168. The van der Waals surface area contributed by atoms with E-state index >= 15 is 0 Å². The van der Waals surface area contributed by atoms with Crippen LogP contribution in [0.15, 0.2) is 12.1 Å². The molecular weight excluding hydrogens is 287 g/mol. The van der Waals surface area contributed by atoms with E-state index in [0.717, 1.165) is 19.6 Å². The molecule has 0 aliphatic carbocycles. The third-order valence-electron chi connectivity index (χ3n) is 4.79. The first-order valence-corrected chi connectivity index (χ1v) is 7.79. The number of hydrogen-bond donors (Lipinski definition) is 1. The number of carbonyl (C=O) groups excluding carboxylic acids is 1. The number of cyclic esters (lactones) is 1. The van der Waals surface area contributed by atoms with E-state index in [9.17, 15) is 9.18 Å². The Hall–Kier alpha value is -1.50. The molecular formula is C16H19FN2O3. The van der Waals surface area contributed by atoms with Gasteiger partial charge < -0.3 is 14.8 Å². The quantitative estimate of drug-likeness (QED) is 0.781. The number of esters is 1. The molecule has 1 aromatic carbocycles.